The third-order valence-corrected chi connectivity index (χ3v) is 10.7. The van der Waals surface area contributed by atoms with Gasteiger partial charge in [0.2, 0.25) is 0 Å². The number of fused-ring (bicyclic) bond motifs is 4. The van der Waals surface area contributed by atoms with Gasteiger partial charge in [0.05, 0.1) is 14.2 Å². The van der Waals surface area contributed by atoms with Crippen molar-refractivity contribution in [3.05, 3.63) is 118 Å². The molecular weight excluding hydrogens is 584 g/mol. The highest BCUT2D eigenvalue weighted by Crippen LogP contribution is 2.48. The monoisotopic (exact) mass is 632 g/mol. The Morgan fingerprint density at radius 2 is 1.30 bits per heavy atom. The highest BCUT2D eigenvalue weighted by molar-refractivity contribution is 5.51. The molecule has 246 valence electrons. The number of ether oxygens (including phenoxy) is 4. The van der Waals surface area contributed by atoms with Crippen LogP contribution in [0.2, 0.25) is 0 Å². The maximum atomic E-state index is 6.39. The zero-order valence-corrected chi connectivity index (χ0v) is 28.0. The van der Waals surface area contributed by atoms with E-state index < -0.39 is 0 Å². The van der Waals surface area contributed by atoms with Gasteiger partial charge in [-0.1, -0.05) is 74.0 Å². The minimum Gasteiger partial charge on any atom is -0.493 e. The lowest BCUT2D eigenvalue weighted by Crippen LogP contribution is -2.46. The molecule has 0 unspecified atom stereocenters. The summed E-state index contributed by atoms with van der Waals surface area (Å²) >= 11 is 0. The molecule has 4 aromatic carbocycles. The second-order valence-electron chi connectivity index (χ2n) is 13.4. The first-order valence-electron chi connectivity index (χ1n) is 17.4. The van der Waals surface area contributed by atoms with Crippen molar-refractivity contribution in [3.8, 4) is 23.0 Å². The Morgan fingerprint density at radius 3 is 1.96 bits per heavy atom. The molecule has 4 aromatic rings. The highest BCUT2D eigenvalue weighted by atomic mass is 16.5. The highest BCUT2D eigenvalue weighted by Gasteiger charge is 2.40. The lowest BCUT2D eigenvalue weighted by Gasteiger charge is -2.48. The molecule has 1 N–H and O–H groups in total. The third kappa shape index (κ3) is 6.86. The van der Waals surface area contributed by atoms with Crippen LogP contribution >= 0.6 is 0 Å². The molecule has 0 aromatic heterocycles. The largest absolute Gasteiger partial charge is 0.493 e. The predicted octanol–water partition coefficient (Wildman–Crippen LogP) is 8.08. The van der Waals surface area contributed by atoms with Gasteiger partial charge in [-0.15, -0.1) is 0 Å². The molecule has 6 heteroatoms. The molecule has 3 aliphatic heterocycles. The molecule has 3 heterocycles. The van der Waals surface area contributed by atoms with E-state index in [1.807, 2.05) is 12.1 Å². The van der Waals surface area contributed by atoms with Crippen molar-refractivity contribution in [3.63, 3.8) is 0 Å². The first-order valence-corrected chi connectivity index (χ1v) is 17.4. The van der Waals surface area contributed by atoms with Gasteiger partial charge in [0, 0.05) is 25.2 Å². The summed E-state index contributed by atoms with van der Waals surface area (Å²) in [5, 5.41) is 3.90. The van der Waals surface area contributed by atoms with Crippen molar-refractivity contribution < 1.29 is 18.9 Å². The minimum absolute atomic E-state index is 0.296. The van der Waals surface area contributed by atoms with E-state index in [9.17, 15) is 0 Å². The molecule has 0 bridgehead atoms. The van der Waals surface area contributed by atoms with Crippen molar-refractivity contribution in [2.75, 3.05) is 33.9 Å². The van der Waals surface area contributed by atoms with E-state index in [1.165, 1.54) is 28.7 Å². The molecule has 0 amide bonds. The van der Waals surface area contributed by atoms with Gasteiger partial charge in [0.1, 0.15) is 13.2 Å². The lowest BCUT2D eigenvalue weighted by molar-refractivity contribution is 0.0434. The van der Waals surface area contributed by atoms with E-state index in [1.54, 1.807) is 14.2 Å². The molecule has 0 radical (unpaired) electrons. The third-order valence-electron chi connectivity index (χ3n) is 10.7. The minimum atomic E-state index is 0.296. The summed E-state index contributed by atoms with van der Waals surface area (Å²) < 4.78 is 24.4. The van der Waals surface area contributed by atoms with Gasteiger partial charge in [-0.2, -0.15) is 0 Å². The molecular formula is C41H48N2O4. The van der Waals surface area contributed by atoms with Gasteiger partial charge in [-0.25, -0.2) is 0 Å². The molecule has 1 saturated heterocycles. The number of rotatable bonds is 11. The summed E-state index contributed by atoms with van der Waals surface area (Å²) in [7, 11) is 3.50. The first-order chi connectivity index (χ1) is 23.1. The van der Waals surface area contributed by atoms with Gasteiger partial charge in [-0.05, 0) is 102 Å². The van der Waals surface area contributed by atoms with E-state index in [4.69, 9.17) is 18.9 Å². The Labute approximate surface area is 280 Å². The summed E-state index contributed by atoms with van der Waals surface area (Å²) in [5.74, 6) is 4.58. The number of hydrogen-bond donors (Lipinski definition) is 1. The number of piperidine rings is 1. The van der Waals surface area contributed by atoms with Crippen LogP contribution in [0.25, 0.3) is 0 Å². The zero-order valence-electron chi connectivity index (χ0n) is 28.0. The Balaban J connectivity index is 1.11. The lowest BCUT2D eigenvalue weighted by atomic mass is 9.72. The quantitative estimate of drug-likeness (QED) is 0.180. The maximum Gasteiger partial charge on any atom is 0.162 e. The van der Waals surface area contributed by atoms with Crippen LogP contribution in [0.5, 0.6) is 23.0 Å². The van der Waals surface area contributed by atoms with Crippen LogP contribution in [-0.2, 0) is 26.1 Å². The second-order valence-corrected chi connectivity index (χ2v) is 13.4. The number of methoxy groups -OCH3 is 2. The first kappa shape index (κ1) is 31.6. The van der Waals surface area contributed by atoms with Crippen molar-refractivity contribution >= 4 is 0 Å². The number of nitrogens with one attached hydrogen (secondary N) is 1. The topological polar surface area (TPSA) is 52.2 Å². The number of nitrogens with zero attached hydrogens (tertiary/aromatic N) is 1. The van der Waals surface area contributed by atoms with Crippen molar-refractivity contribution in [1.29, 1.82) is 0 Å². The average molecular weight is 633 g/mol. The van der Waals surface area contributed by atoms with E-state index in [0.29, 0.717) is 37.1 Å². The summed E-state index contributed by atoms with van der Waals surface area (Å²) in [6, 6.07) is 30.4. The standard InChI is InChI=1S/C41H48N2O4/c1-4-30-25-43-18-16-32-21-38(44-2)41(47-27-29-13-9-6-10-14-29)24-35(32)37(43)20-33(30)19-36-34-23-39(45-3)40(22-31(34)15-17-42-36)46-26-28-11-7-5-8-12-28/h5-14,21-24,30,33,36-37,42H,4,15-20,25-27H2,1-3H3/t30-,33-,36-,37-/m0/s1. The molecule has 47 heavy (non-hydrogen) atoms. The Kier molecular flexibility index (Phi) is 9.68. The van der Waals surface area contributed by atoms with Gasteiger partial charge in [0.15, 0.2) is 23.0 Å². The van der Waals surface area contributed by atoms with Crippen molar-refractivity contribution in [2.45, 2.75) is 64.3 Å². The van der Waals surface area contributed by atoms with Gasteiger partial charge >= 0.3 is 0 Å². The Hall–Kier alpha value is -4.00. The van der Waals surface area contributed by atoms with Crippen LogP contribution in [0.1, 0.15) is 71.7 Å². The molecule has 1 fully saturated rings. The van der Waals surface area contributed by atoms with E-state index in [2.05, 4.69) is 89.9 Å². The fourth-order valence-corrected chi connectivity index (χ4v) is 8.11. The molecule has 0 saturated carbocycles. The SMILES string of the molecule is CC[C@H]1CN2CCc3cc(OC)c(OCc4ccccc4)cc3[C@@H]2C[C@@H]1C[C@@H]1NCCc2cc(OCc3ccccc3)c(OC)cc21. The van der Waals surface area contributed by atoms with E-state index in [-0.39, 0.29) is 0 Å². The molecule has 6 nitrogen and oxygen atoms in total. The second kappa shape index (κ2) is 14.4. The molecule has 3 aliphatic rings. The van der Waals surface area contributed by atoms with Crippen LogP contribution in [0, 0.1) is 11.8 Å². The van der Waals surface area contributed by atoms with Crippen molar-refractivity contribution in [2.24, 2.45) is 11.8 Å². The maximum absolute atomic E-state index is 6.39. The van der Waals surface area contributed by atoms with Gasteiger partial charge in [-0.3, -0.25) is 4.90 Å². The fraction of sp³-hybridized carbons (Fsp3) is 0.415. The van der Waals surface area contributed by atoms with Crippen molar-refractivity contribution in [1.82, 2.24) is 10.2 Å². The van der Waals surface area contributed by atoms with Gasteiger partial charge < -0.3 is 24.3 Å². The zero-order chi connectivity index (χ0) is 32.2. The Bertz CT molecular complexity index is 1640. The van der Waals surface area contributed by atoms with Crippen LogP contribution in [-0.4, -0.2) is 38.8 Å². The molecule has 4 atom stereocenters. The molecule has 0 spiro atoms. The predicted molar refractivity (Wildman–Crippen MR) is 187 cm³/mol. The molecule has 0 aliphatic carbocycles. The number of benzene rings is 4. The van der Waals surface area contributed by atoms with Crippen LogP contribution in [0.4, 0.5) is 0 Å². The summed E-state index contributed by atoms with van der Waals surface area (Å²) in [6.45, 7) is 6.65. The van der Waals surface area contributed by atoms with Crippen LogP contribution in [0.3, 0.4) is 0 Å². The average Bonchev–Trinajstić information content (AvgIpc) is 3.13. The summed E-state index contributed by atoms with van der Waals surface area (Å²) in [4.78, 5) is 2.74. The van der Waals surface area contributed by atoms with E-state index >= 15 is 0 Å². The fourth-order valence-electron chi connectivity index (χ4n) is 8.11. The smallest absolute Gasteiger partial charge is 0.162 e. The van der Waals surface area contributed by atoms with Crippen LogP contribution < -0.4 is 24.3 Å². The normalized spacial score (nSPS) is 22.0. The van der Waals surface area contributed by atoms with Gasteiger partial charge in [0.25, 0.3) is 0 Å². The number of hydrogen-bond acceptors (Lipinski definition) is 6. The summed E-state index contributed by atoms with van der Waals surface area (Å²) in [6.07, 6.45) is 5.51. The summed E-state index contributed by atoms with van der Waals surface area (Å²) in [5.41, 5.74) is 7.86. The van der Waals surface area contributed by atoms with E-state index in [0.717, 1.165) is 79.4 Å². The molecule has 7 rings (SSSR count). The van der Waals surface area contributed by atoms with Crippen LogP contribution in [0.15, 0.2) is 84.9 Å². The Morgan fingerprint density at radius 1 is 0.702 bits per heavy atom.